The van der Waals surface area contributed by atoms with E-state index in [1.165, 1.54) is 35.0 Å². The zero-order valence-corrected chi connectivity index (χ0v) is 12.8. The van der Waals surface area contributed by atoms with E-state index in [-0.39, 0.29) is 0 Å². The van der Waals surface area contributed by atoms with E-state index >= 15 is 0 Å². The SMILES string of the molecule is CNCc1cc(CN2CCN(C)C(C)C2)c(C)s1. The van der Waals surface area contributed by atoms with Crippen molar-refractivity contribution in [2.24, 2.45) is 0 Å². The summed E-state index contributed by atoms with van der Waals surface area (Å²) in [5, 5.41) is 3.23. The number of aryl methyl sites for hydroxylation is 1. The molecular formula is C14H25N3S. The lowest BCUT2D eigenvalue weighted by molar-refractivity contribution is 0.0999. The Morgan fingerprint density at radius 1 is 1.44 bits per heavy atom. The van der Waals surface area contributed by atoms with Gasteiger partial charge >= 0.3 is 0 Å². The molecule has 0 aromatic carbocycles. The molecule has 1 saturated heterocycles. The number of nitrogens with zero attached hydrogens (tertiary/aromatic N) is 2. The Morgan fingerprint density at radius 2 is 2.22 bits per heavy atom. The third kappa shape index (κ3) is 3.32. The Hall–Kier alpha value is -0.420. The molecule has 4 heteroatoms. The Balaban J connectivity index is 1.96. The van der Waals surface area contributed by atoms with E-state index in [4.69, 9.17) is 0 Å². The summed E-state index contributed by atoms with van der Waals surface area (Å²) in [5.74, 6) is 0. The van der Waals surface area contributed by atoms with E-state index in [0.717, 1.165) is 13.1 Å². The fourth-order valence-corrected chi connectivity index (χ4v) is 3.58. The van der Waals surface area contributed by atoms with Gasteiger partial charge in [0.2, 0.25) is 0 Å². The third-order valence-corrected chi connectivity index (χ3v) is 4.95. The molecule has 1 fully saturated rings. The van der Waals surface area contributed by atoms with Crippen LogP contribution in [-0.2, 0) is 13.1 Å². The maximum absolute atomic E-state index is 3.23. The second-order valence-corrected chi connectivity index (χ2v) is 6.73. The predicted molar refractivity (Wildman–Crippen MR) is 79.2 cm³/mol. The summed E-state index contributed by atoms with van der Waals surface area (Å²) < 4.78 is 0. The summed E-state index contributed by atoms with van der Waals surface area (Å²) in [6.07, 6.45) is 0. The summed E-state index contributed by atoms with van der Waals surface area (Å²) in [6, 6.07) is 3.05. The van der Waals surface area contributed by atoms with Gasteiger partial charge in [0.25, 0.3) is 0 Å². The molecule has 0 amide bonds. The first-order chi connectivity index (χ1) is 8.60. The first-order valence-corrected chi connectivity index (χ1v) is 7.57. The van der Waals surface area contributed by atoms with Crippen LogP contribution < -0.4 is 5.32 Å². The standard InChI is InChI=1S/C14H25N3S/c1-11-9-17(6-5-16(11)4)10-13-7-14(8-15-3)18-12(13)2/h7,11,15H,5-6,8-10H2,1-4H3. The highest BCUT2D eigenvalue weighted by atomic mass is 32.1. The molecule has 0 bridgehead atoms. The van der Waals surface area contributed by atoms with Gasteiger partial charge in [0.05, 0.1) is 0 Å². The highest BCUT2D eigenvalue weighted by molar-refractivity contribution is 7.12. The maximum Gasteiger partial charge on any atom is 0.0296 e. The molecule has 1 aliphatic heterocycles. The Kier molecular flexibility index (Phi) is 4.78. The zero-order chi connectivity index (χ0) is 13.1. The van der Waals surface area contributed by atoms with E-state index in [1.807, 2.05) is 18.4 Å². The second-order valence-electron chi connectivity index (χ2n) is 5.39. The van der Waals surface area contributed by atoms with Crippen molar-refractivity contribution in [2.45, 2.75) is 33.0 Å². The average Bonchev–Trinajstić information content (AvgIpc) is 2.65. The summed E-state index contributed by atoms with van der Waals surface area (Å²) in [5.41, 5.74) is 1.52. The van der Waals surface area contributed by atoms with Gasteiger partial charge in [-0.15, -0.1) is 11.3 Å². The van der Waals surface area contributed by atoms with Gasteiger partial charge in [0.1, 0.15) is 0 Å². The number of hydrogen-bond acceptors (Lipinski definition) is 4. The van der Waals surface area contributed by atoms with Crippen LogP contribution in [0.3, 0.4) is 0 Å². The molecule has 1 atom stereocenters. The molecule has 0 spiro atoms. The number of rotatable bonds is 4. The van der Waals surface area contributed by atoms with Crippen molar-refractivity contribution in [1.82, 2.24) is 15.1 Å². The van der Waals surface area contributed by atoms with Crippen molar-refractivity contribution in [3.05, 3.63) is 21.4 Å². The number of piperazine rings is 1. The zero-order valence-electron chi connectivity index (χ0n) is 12.0. The lowest BCUT2D eigenvalue weighted by atomic mass is 10.1. The van der Waals surface area contributed by atoms with Crippen molar-refractivity contribution >= 4 is 11.3 Å². The highest BCUT2D eigenvalue weighted by Crippen LogP contribution is 2.23. The van der Waals surface area contributed by atoms with E-state index in [1.54, 1.807) is 0 Å². The van der Waals surface area contributed by atoms with Gasteiger partial charge in [-0.05, 0) is 39.6 Å². The molecule has 0 saturated carbocycles. The summed E-state index contributed by atoms with van der Waals surface area (Å²) in [4.78, 5) is 7.96. The molecule has 1 aromatic rings. The smallest absolute Gasteiger partial charge is 0.0296 e. The van der Waals surface area contributed by atoms with Crippen molar-refractivity contribution < 1.29 is 0 Å². The lowest BCUT2D eigenvalue weighted by Gasteiger charge is -2.37. The fraction of sp³-hybridized carbons (Fsp3) is 0.714. The molecule has 18 heavy (non-hydrogen) atoms. The minimum absolute atomic E-state index is 0.675. The third-order valence-electron chi connectivity index (χ3n) is 3.86. The second kappa shape index (κ2) is 6.15. The number of hydrogen-bond donors (Lipinski definition) is 1. The van der Waals surface area contributed by atoms with E-state index in [2.05, 4.69) is 42.1 Å². The normalized spacial score (nSPS) is 22.6. The topological polar surface area (TPSA) is 18.5 Å². The van der Waals surface area contributed by atoms with Crippen LogP contribution in [0, 0.1) is 6.92 Å². The highest BCUT2D eigenvalue weighted by Gasteiger charge is 2.21. The average molecular weight is 267 g/mol. The van der Waals surface area contributed by atoms with Gasteiger partial charge in [0.15, 0.2) is 0 Å². The van der Waals surface area contributed by atoms with Gasteiger partial charge in [-0.2, -0.15) is 0 Å². The van der Waals surface area contributed by atoms with Crippen molar-refractivity contribution in [1.29, 1.82) is 0 Å². The molecule has 1 aliphatic rings. The predicted octanol–water partition coefficient (Wildman–Crippen LogP) is 1.91. The van der Waals surface area contributed by atoms with Crippen LogP contribution in [-0.4, -0.2) is 49.6 Å². The van der Waals surface area contributed by atoms with Crippen LogP contribution in [0.25, 0.3) is 0 Å². The molecule has 1 unspecified atom stereocenters. The molecule has 3 nitrogen and oxygen atoms in total. The minimum Gasteiger partial charge on any atom is -0.315 e. The largest absolute Gasteiger partial charge is 0.315 e. The van der Waals surface area contributed by atoms with Crippen molar-refractivity contribution in [3.8, 4) is 0 Å². The molecule has 1 N–H and O–H groups in total. The Labute approximate surface area is 115 Å². The van der Waals surface area contributed by atoms with E-state index in [0.29, 0.717) is 6.04 Å². The fourth-order valence-electron chi connectivity index (χ4n) is 2.51. The van der Waals surface area contributed by atoms with Crippen molar-refractivity contribution in [2.75, 3.05) is 33.7 Å². The minimum atomic E-state index is 0.675. The Bertz CT molecular complexity index is 388. The molecule has 0 radical (unpaired) electrons. The molecule has 2 rings (SSSR count). The first kappa shape index (κ1) is 14.0. The molecular weight excluding hydrogens is 242 g/mol. The summed E-state index contributed by atoms with van der Waals surface area (Å²) in [7, 11) is 4.24. The quantitative estimate of drug-likeness (QED) is 0.899. The number of thiophene rings is 1. The summed E-state index contributed by atoms with van der Waals surface area (Å²) in [6.45, 7) is 10.2. The van der Waals surface area contributed by atoms with Crippen molar-refractivity contribution in [3.63, 3.8) is 0 Å². The summed E-state index contributed by atoms with van der Waals surface area (Å²) >= 11 is 1.93. The molecule has 0 aliphatic carbocycles. The van der Waals surface area contributed by atoms with Gasteiger partial charge in [-0.25, -0.2) is 0 Å². The maximum atomic E-state index is 3.23. The first-order valence-electron chi connectivity index (χ1n) is 6.75. The van der Waals surface area contributed by atoms with Gasteiger partial charge in [-0.3, -0.25) is 4.90 Å². The number of likely N-dealkylation sites (N-methyl/N-ethyl adjacent to an activating group) is 1. The molecule has 2 heterocycles. The van der Waals surface area contributed by atoms with Crippen LogP contribution >= 0.6 is 11.3 Å². The van der Waals surface area contributed by atoms with Crippen LogP contribution in [0.1, 0.15) is 22.2 Å². The number of nitrogens with one attached hydrogen (secondary N) is 1. The van der Waals surface area contributed by atoms with E-state index in [9.17, 15) is 0 Å². The van der Waals surface area contributed by atoms with Crippen LogP contribution in [0.2, 0.25) is 0 Å². The van der Waals surface area contributed by atoms with Crippen LogP contribution in [0.5, 0.6) is 0 Å². The van der Waals surface area contributed by atoms with Crippen LogP contribution in [0.4, 0.5) is 0 Å². The molecule has 102 valence electrons. The Morgan fingerprint density at radius 3 is 2.89 bits per heavy atom. The van der Waals surface area contributed by atoms with Crippen LogP contribution in [0.15, 0.2) is 6.07 Å². The monoisotopic (exact) mass is 267 g/mol. The lowest BCUT2D eigenvalue weighted by Crippen LogP contribution is -2.49. The van der Waals surface area contributed by atoms with Gasteiger partial charge in [0, 0.05) is 48.5 Å². The van der Waals surface area contributed by atoms with Gasteiger partial charge < -0.3 is 10.2 Å². The van der Waals surface area contributed by atoms with Gasteiger partial charge in [-0.1, -0.05) is 0 Å². The van der Waals surface area contributed by atoms with E-state index < -0.39 is 0 Å². The molecule has 1 aromatic heterocycles.